The van der Waals surface area contributed by atoms with Crippen LogP contribution in [-0.4, -0.2) is 6.61 Å². The van der Waals surface area contributed by atoms with Crippen molar-refractivity contribution in [3.05, 3.63) is 78.6 Å². The summed E-state index contributed by atoms with van der Waals surface area (Å²) in [4.78, 5) is 0. The van der Waals surface area contributed by atoms with E-state index in [0.717, 1.165) is 23.1 Å². The highest BCUT2D eigenvalue weighted by atomic mass is 19.1. The topological polar surface area (TPSA) is 9.23 Å². The zero-order chi connectivity index (χ0) is 18.4. The van der Waals surface area contributed by atoms with Crippen LogP contribution in [0.5, 0.6) is 5.75 Å². The van der Waals surface area contributed by atoms with Crippen LogP contribution < -0.4 is 4.74 Å². The summed E-state index contributed by atoms with van der Waals surface area (Å²) < 4.78 is 20.5. The SMILES string of the molecule is C=CCOc1ccc(-c2ccc3cc(CCCCC)ccc3c2F)cc1. The molecule has 3 aromatic rings. The second-order valence-electron chi connectivity index (χ2n) is 6.56. The smallest absolute Gasteiger partial charge is 0.138 e. The van der Waals surface area contributed by atoms with Gasteiger partial charge in [-0.05, 0) is 41.5 Å². The van der Waals surface area contributed by atoms with Crippen molar-refractivity contribution in [3.63, 3.8) is 0 Å². The average Bonchev–Trinajstić information content (AvgIpc) is 2.67. The first kappa shape index (κ1) is 18.2. The Kier molecular flexibility index (Phi) is 6.06. The highest BCUT2D eigenvalue weighted by Gasteiger charge is 2.10. The van der Waals surface area contributed by atoms with Gasteiger partial charge in [0.1, 0.15) is 18.2 Å². The number of rotatable bonds is 8. The third-order valence-electron chi connectivity index (χ3n) is 4.62. The molecule has 2 heteroatoms. The summed E-state index contributed by atoms with van der Waals surface area (Å²) in [5.74, 6) is 0.592. The van der Waals surface area contributed by atoms with Gasteiger partial charge in [0.15, 0.2) is 0 Å². The van der Waals surface area contributed by atoms with E-state index in [1.54, 1.807) is 6.08 Å². The van der Waals surface area contributed by atoms with Crippen molar-refractivity contribution < 1.29 is 9.13 Å². The molecular formula is C24H25FO. The van der Waals surface area contributed by atoms with Crippen molar-refractivity contribution in [1.29, 1.82) is 0 Å². The fourth-order valence-corrected chi connectivity index (χ4v) is 3.18. The Morgan fingerprint density at radius 2 is 1.81 bits per heavy atom. The third kappa shape index (κ3) is 4.13. The standard InChI is InChI=1S/C24H25FO/c1-3-5-6-7-18-8-14-23-20(17-18)11-15-22(24(23)25)19-9-12-21(13-10-19)26-16-4-2/h4,8-15,17H,2-3,5-7,16H2,1H3. The lowest BCUT2D eigenvalue weighted by atomic mass is 9.97. The molecule has 0 amide bonds. The molecule has 0 N–H and O–H groups in total. The highest BCUT2D eigenvalue weighted by molar-refractivity contribution is 5.88. The molecule has 0 heterocycles. The van der Waals surface area contributed by atoms with Crippen molar-refractivity contribution in [1.82, 2.24) is 0 Å². The van der Waals surface area contributed by atoms with Crippen molar-refractivity contribution in [2.45, 2.75) is 32.6 Å². The largest absolute Gasteiger partial charge is 0.490 e. The molecule has 3 rings (SSSR count). The van der Waals surface area contributed by atoms with Gasteiger partial charge in [-0.2, -0.15) is 0 Å². The van der Waals surface area contributed by atoms with Gasteiger partial charge < -0.3 is 4.74 Å². The van der Waals surface area contributed by atoms with Crippen LogP contribution in [0.25, 0.3) is 21.9 Å². The van der Waals surface area contributed by atoms with Gasteiger partial charge in [0.25, 0.3) is 0 Å². The minimum Gasteiger partial charge on any atom is -0.490 e. The number of aryl methyl sites for hydroxylation is 1. The van der Waals surface area contributed by atoms with Gasteiger partial charge in [-0.15, -0.1) is 0 Å². The van der Waals surface area contributed by atoms with Crippen molar-refractivity contribution in [3.8, 4) is 16.9 Å². The summed E-state index contributed by atoms with van der Waals surface area (Å²) in [6, 6.07) is 17.5. The Hall–Kier alpha value is -2.61. The van der Waals surface area contributed by atoms with Gasteiger partial charge >= 0.3 is 0 Å². The maximum absolute atomic E-state index is 15.1. The Labute approximate surface area is 155 Å². The molecule has 26 heavy (non-hydrogen) atoms. The van der Waals surface area contributed by atoms with E-state index in [1.165, 1.54) is 24.8 Å². The first-order chi connectivity index (χ1) is 12.7. The first-order valence-electron chi connectivity index (χ1n) is 9.28. The quantitative estimate of drug-likeness (QED) is 0.316. The summed E-state index contributed by atoms with van der Waals surface area (Å²) in [6.45, 7) is 6.30. The van der Waals surface area contributed by atoms with E-state index in [0.29, 0.717) is 17.6 Å². The van der Waals surface area contributed by atoms with Crippen LogP contribution in [0.4, 0.5) is 4.39 Å². The minimum atomic E-state index is -0.164. The molecule has 0 atom stereocenters. The van der Waals surface area contributed by atoms with Crippen LogP contribution in [0.3, 0.4) is 0 Å². The molecule has 0 radical (unpaired) electrons. The number of hydrogen-bond acceptors (Lipinski definition) is 1. The van der Waals surface area contributed by atoms with E-state index in [9.17, 15) is 0 Å². The van der Waals surface area contributed by atoms with Crippen molar-refractivity contribution in [2.24, 2.45) is 0 Å². The average molecular weight is 348 g/mol. The Balaban J connectivity index is 1.86. The molecule has 0 aromatic heterocycles. The van der Waals surface area contributed by atoms with Crippen LogP contribution >= 0.6 is 0 Å². The Morgan fingerprint density at radius 3 is 2.54 bits per heavy atom. The molecule has 3 aromatic carbocycles. The number of unbranched alkanes of at least 4 members (excludes halogenated alkanes) is 2. The van der Waals surface area contributed by atoms with E-state index >= 15 is 4.39 Å². The predicted octanol–water partition coefficient (Wildman–Crippen LogP) is 6.94. The summed E-state index contributed by atoms with van der Waals surface area (Å²) in [7, 11) is 0. The summed E-state index contributed by atoms with van der Waals surface area (Å²) in [5, 5.41) is 1.64. The molecule has 0 saturated carbocycles. The number of hydrogen-bond donors (Lipinski definition) is 0. The molecule has 0 aliphatic carbocycles. The second kappa shape index (κ2) is 8.66. The van der Waals surface area contributed by atoms with Gasteiger partial charge in [0.2, 0.25) is 0 Å². The maximum atomic E-state index is 15.1. The first-order valence-corrected chi connectivity index (χ1v) is 9.28. The maximum Gasteiger partial charge on any atom is 0.138 e. The normalized spacial score (nSPS) is 10.8. The van der Waals surface area contributed by atoms with E-state index < -0.39 is 0 Å². The van der Waals surface area contributed by atoms with Gasteiger partial charge in [0, 0.05) is 10.9 Å². The monoisotopic (exact) mass is 348 g/mol. The van der Waals surface area contributed by atoms with Crippen LogP contribution in [0.15, 0.2) is 67.3 Å². The van der Waals surface area contributed by atoms with Crippen molar-refractivity contribution in [2.75, 3.05) is 6.61 Å². The van der Waals surface area contributed by atoms with E-state index in [-0.39, 0.29) is 5.82 Å². The molecule has 0 fully saturated rings. The second-order valence-corrected chi connectivity index (χ2v) is 6.56. The van der Waals surface area contributed by atoms with Gasteiger partial charge in [-0.25, -0.2) is 4.39 Å². The van der Waals surface area contributed by atoms with Gasteiger partial charge in [-0.1, -0.05) is 74.9 Å². The number of halogens is 1. The van der Waals surface area contributed by atoms with Crippen molar-refractivity contribution >= 4 is 10.8 Å². The van der Waals surface area contributed by atoms with Crippen LogP contribution in [0, 0.1) is 5.82 Å². The molecule has 0 unspecified atom stereocenters. The fraction of sp³-hybridized carbons (Fsp3) is 0.250. The van der Waals surface area contributed by atoms with E-state index in [2.05, 4.69) is 25.6 Å². The number of benzene rings is 3. The third-order valence-corrected chi connectivity index (χ3v) is 4.62. The lowest BCUT2D eigenvalue weighted by molar-refractivity contribution is 0.363. The molecule has 0 bridgehead atoms. The van der Waals surface area contributed by atoms with Crippen LogP contribution in [0.2, 0.25) is 0 Å². The minimum absolute atomic E-state index is 0.164. The summed E-state index contributed by atoms with van der Waals surface area (Å²) >= 11 is 0. The molecule has 0 spiro atoms. The number of ether oxygens (including phenoxy) is 1. The number of fused-ring (bicyclic) bond motifs is 1. The van der Waals surface area contributed by atoms with Gasteiger partial charge in [0.05, 0.1) is 0 Å². The molecule has 0 aliphatic heterocycles. The lowest BCUT2D eigenvalue weighted by Gasteiger charge is -2.10. The fourth-order valence-electron chi connectivity index (χ4n) is 3.18. The molecule has 134 valence electrons. The Bertz CT molecular complexity index is 881. The highest BCUT2D eigenvalue weighted by Crippen LogP contribution is 2.30. The zero-order valence-corrected chi connectivity index (χ0v) is 15.3. The summed E-state index contributed by atoms with van der Waals surface area (Å²) in [6.07, 6.45) is 6.39. The van der Waals surface area contributed by atoms with Gasteiger partial charge in [-0.3, -0.25) is 0 Å². The van der Waals surface area contributed by atoms with E-state index in [1.807, 2.05) is 42.5 Å². The molecule has 1 nitrogen and oxygen atoms in total. The molecule has 0 saturated heterocycles. The van der Waals surface area contributed by atoms with Crippen LogP contribution in [0.1, 0.15) is 31.7 Å². The van der Waals surface area contributed by atoms with E-state index in [4.69, 9.17) is 4.74 Å². The lowest BCUT2D eigenvalue weighted by Crippen LogP contribution is -1.93. The zero-order valence-electron chi connectivity index (χ0n) is 15.3. The van der Waals surface area contributed by atoms with Crippen LogP contribution in [-0.2, 0) is 6.42 Å². The molecule has 0 aliphatic rings. The summed E-state index contributed by atoms with van der Waals surface area (Å²) in [5.41, 5.74) is 2.75. The molecular weight excluding hydrogens is 323 g/mol. The predicted molar refractivity (Wildman–Crippen MR) is 108 cm³/mol. The Morgan fingerprint density at radius 1 is 1.00 bits per heavy atom.